The summed E-state index contributed by atoms with van der Waals surface area (Å²) in [6.45, 7) is 4.63. The van der Waals surface area contributed by atoms with Gasteiger partial charge in [-0.2, -0.15) is 0 Å². The molecule has 2 rings (SSSR count). The number of esters is 1. The molecule has 1 aromatic carbocycles. The number of carbonyl (C=O) groups is 1. The summed E-state index contributed by atoms with van der Waals surface area (Å²) in [5, 5.41) is 3.20. The summed E-state index contributed by atoms with van der Waals surface area (Å²) in [6.07, 6.45) is 0.375. The summed E-state index contributed by atoms with van der Waals surface area (Å²) in [7, 11) is 0. The lowest BCUT2D eigenvalue weighted by atomic mass is 10.1. The molecule has 0 spiro atoms. The van der Waals surface area contributed by atoms with Crippen LogP contribution in [0.1, 0.15) is 18.9 Å². The molecule has 1 aliphatic rings. The van der Waals surface area contributed by atoms with E-state index < -0.39 is 0 Å². The van der Waals surface area contributed by atoms with Crippen LogP contribution in [0.15, 0.2) is 18.2 Å². The molecule has 0 radical (unpaired) electrons. The Labute approximate surface area is 112 Å². The lowest BCUT2D eigenvalue weighted by molar-refractivity contribution is -0.142. The molecule has 0 bridgehead atoms. The number of nitrogens with one attached hydrogen (secondary N) is 1. The van der Waals surface area contributed by atoms with Crippen LogP contribution in [0.4, 0.5) is 0 Å². The van der Waals surface area contributed by atoms with Crippen molar-refractivity contribution < 1.29 is 19.0 Å². The first-order valence-corrected chi connectivity index (χ1v) is 6.55. The van der Waals surface area contributed by atoms with Crippen molar-refractivity contribution in [2.45, 2.75) is 19.9 Å². The van der Waals surface area contributed by atoms with E-state index in [9.17, 15) is 4.79 Å². The summed E-state index contributed by atoms with van der Waals surface area (Å²) in [6, 6.07) is 5.83. The van der Waals surface area contributed by atoms with E-state index in [1.165, 1.54) is 0 Å². The summed E-state index contributed by atoms with van der Waals surface area (Å²) in [5.74, 6) is 1.41. The van der Waals surface area contributed by atoms with Crippen LogP contribution in [0.3, 0.4) is 0 Å². The number of ether oxygens (including phenoxy) is 3. The van der Waals surface area contributed by atoms with Gasteiger partial charge in [-0.25, -0.2) is 0 Å². The smallest absolute Gasteiger partial charge is 0.307 e. The quantitative estimate of drug-likeness (QED) is 0.624. The van der Waals surface area contributed by atoms with E-state index in [1.54, 1.807) is 6.92 Å². The number of rotatable bonds is 6. The van der Waals surface area contributed by atoms with E-state index in [2.05, 4.69) is 5.32 Å². The zero-order valence-electron chi connectivity index (χ0n) is 11.1. The Morgan fingerprint density at radius 1 is 1.37 bits per heavy atom. The van der Waals surface area contributed by atoms with Crippen LogP contribution in [-0.4, -0.2) is 32.3 Å². The van der Waals surface area contributed by atoms with Crippen LogP contribution in [0.25, 0.3) is 0 Å². The normalized spacial score (nSPS) is 13.1. The van der Waals surface area contributed by atoms with Gasteiger partial charge in [-0.05, 0) is 13.0 Å². The molecular weight excluding hydrogens is 246 g/mol. The molecule has 1 N–H and O–H groups in total. The maximum atomic E-state index is 11.2. The van der Waals surface area contributed by atoms with Crippen molar-refractivity contribution >= 4 is 5.97 Å². The number of fused-ring (bicyclic) bond motifs is 1. The highest BCUT2D eigenvalue weighted by molar-refractivity contribution is 5.69. The fourth-order valence-corrected chi connectivity index (χ4v) is 1.92. The summed E-state index contributed by atoms with van der Waals surface area (Å²) >= 11 is 0. The SMILES string of the molecule is CCOC(=O)CCNCc1cccc2c1OCCO2. The van der Waals surface area contributed by atoms with Crippen molar-refractivity contribution in [3.05, 3.63) is 23.8 Å². The molecule has 0 aliphatic carbocycles. The molecular formula is C14H19NO4. The van der Waals surface area contributed by atoms with E-state index >= 15 is 0 Å². The Hall–Kier alpha value is -1.75. The maximum Gasteiger partial charge on any atom is 0.307 e. The van der Waals surface area contributed by atoms with Gasteiger partial charge in [0.15, 0.2) is 11.5 Å². The average Bonchev–Trinajstić information content (AvgIpc) is 2.44. The Morgan fingerprint density at radius 3 is 3.05 bits per heavy atom. The lowest BCUT2D eigenvalue weighted by Gasteiger charge is -2.21. The number of para-hydroxylation sites is 1. The highest BCUT2D eigenvalue weighted by Gasteiger charge is 2.14. The Kier molecular flexibility index (Phi) is 5.03. The van der Waals surface area contributed by atoms with Crippen LogP contribution in [0.5, 0.6) is 11.5 Å². The number of hydrogen-bond acceptors (Lipinski definition) is 5. The van der Waals surface area contributed by atoms with Gasteiger partial charge in [-0.1, -0.05) is 12.1 Å². The number of hydrogen-bond donors (Lipinski definition) is 1. The van der Waals surface area contributed by atoms with Crippen LogP contribution in [0.2, 0.25) is 0 Å². The molecule has 5 heteroatoms. The first-order valence-electron chi connectivity index (χ1n) is 6.55. The Bertz CT molecular complexity index is 433. The minimum absolute atomic E-state index is 0.176. The predicted octanol–water partition coefficient (Wildman–Crippen LogP) is 1.50. The monoisotopic (exact) mass is 265 g/mol. The van der Waals surface area contributed by atoms with Gasteiger partial charge in [0.05, 0.1) is 13.0 Å². The Morgan fingerprint density at radius 2 is 2.21 bits per heavy atom. The van der Waals surface area contributed by atoms with Crippen LogP contribution in [0, 0.1) is 0 Å². The highest BCUT2D eigenvalue weighted by atomic mass is 16.6. The van der Waals surface area contributed by atoms with E-state index in [4.69, 9.17) is 14.2 Å². The largest absolute Gasteiger partial charge is 0.486 e. The van der Waals surface area contributed by atoms with Crippen LogP contribution >= 0.6 is 0 Å². The zero-order valence-corrected chi connectivity index (χ0v) is 11.1. The molecule has 1 aromatic rings. The standard InChI is InChI=1S/C14H19NO4/c1-2-17-13(16)6-7-15-10-11-4-3-5-12-14(11)19-9-8-18-12/h3-5,15H,2,6-10H2,1H3. The van der Waals surface area contributed by atoms with Crippen molar-refractivity contribution in [1.82, 2.24) is 5.32 Å². The molecule has 1 heterocycles. The van der Waals surface area contributed by atoms with Gasteiger partial charge in [-0.15, -0.1) is 0 Å². The second-order valence-corrected chi connectivity index (χ2v) is 4.17. The van der Waals surface area contributed by atoms with E-state index in [1.807, 2.05) is 18.2 Å². The first kappa shape index (κ1) is 13.7. The number of benzene rings is 1. The summed E-state index contributed by atoms with van der Waals surface area (Å²) in [5.41, 5.74) is 1.04. The predicted molar refractivity (Wildman–Crippen MR) is 70.4 cm³/mol. The molecule has 0 saturated heterocycles. The fraction of sp³-hybridized carbons (Fsp3) is 0.500. The highest BCUT2D eigenvalue weighted by Crippen LogP contribution is 2.33. The lowest BCUT2D eigenvalue weighted by Crippen LogP contribution is -2.21. The first-order chi connectivity index (χ1) is 9.31. The van der Waals surface area contributed by atoms with Gasteiger partial charge in [0.1, 0.15) is 13.2 Å². The van der Waals surface area contributed by atoms with Gasteiger partial charge < -0.3 is 19.5 Å². The minimum Gasteiger partial charge on any atom is -0.486 e. The molecule has 0 fully saturated rings. The molecule has 19 heavy (non-hydrogen) atoms. The van der Waals surface area contributed by atoms with Crippen molar-refractivity contribution in [2.75, 3.05) is 26.4 Å². The van der Waals surface area contributed by atoms with E-state index in [0.29, 0.717) is 39.3 Å². The molecule has 5 nitrogen and oxygen atoms in total. The van der Waals surface area contributed by atoms with Crippen molar-refractivity contribution in [2.24, 2.45) is 0 Å². The van der Waals surface area contributed by atoms with Gasteiger partial charge in [0.2, 0.25) is 0 Å². The molecule has 0 unspecified atom stereocenters. The topological polar surface area (TPSA) is 56.8 Å². The van der Waals surface area contributed by atoms with Gasteiger partial charge in [0, 0.05) is 18.7 Å². The van der Waals surface area contributed by atoms with Crippen LogP contribution < -0.4 is 14.8 Å². The van der Waals surface area contributed by atoms with Gasteiger partial charge in [-0.3, -0.25) is 4.79 Å². The zero-order chi connectivity index (χ0) is 13.5. The molecule has 0 aromatic heterocycles. The van der Waals surface area contributed by atoms with Crippen LogP contribution in [-0.2, 0) is 16.1 Å². The molecule has 0 saturated carbocycles. The van der Waals surface area contributed by atoms with Gasteiger partial charge in [0.25, 0.3) is 0 Å². The molecule has 0 atom stereocenters. The van der Waals surface area contributed by atoms with E-state index in [-0.39, 0.29) is 5.97 Å². The third-order valence-electron chi connectivity index (χ3n) is 2.77. The third-order valence-corrected chi connectivity index (χ3v) is 2.77. The average molecular weight is 265 g/mol. The Balaban J connectivity index is 1.81. The molecule has 1 aliphatic heterocycles. The molecule has 0 amide bonds. The van der Waals surface area contributed by atoms with Crippen molar-refractivity contribution in [3.8, 4) is 11.5 Å². The van der Waals surface area contributed by atoms with E-state index in [0.717, 1.165) is 17.1 Å². The summed E-state index contributed by atoms with van der Waals surface area (Å²) in [4.78, 5) is 11.2. The number of carbonyl (C=O) groups excluding carboxylic acids is 1. The van der Waals surface area contributed by atoms with Crippen molar-refractivity contribution in [3.63, 3.8) is 0 Å². The summed E-state index contributed by atoms with van der Waals surface area (Å²) < 4.78 is 16.0. The second-order valence-electron chi connectivity index (χ2n) is 4.17. The third kappa shape index (κ3) is 3.86. The fourth-order valence-electron chi connectivity index (χ4n) is 1.92. The van der Waals surface area contributed by atoms with Crippen molar-refractivity contribution in [1.29, 1.82) is 0 Å². The van der Waals surface area contributed by atoms with Gasteiger partial charge >= 0.3 is 5.97 Å². The molecule has 104 valence electrons. The maximum absolute atomic E-state index is 11.2. The second kappa shape index (κ2) is 6.99. The minimum atomic E-state index is -0.176.